The average Bonchev–Trinajstić information content (AvgIpc) is 2.67. The second-order valence-electron chi connectivity index (χ2n) is 4.12. The van der Waals surface area contributed by atoms with E-state index in [9.17, 15) is 18.0 Å². The van der Waals surface area contributed by atoms with Gasteiger partial charge in [-0.3, -0.25) is 9.48 Å². The Balaban J connectivity index is 2.98. The van der Waals surface area contributed by atoms with Gasteiger partial charge in [0.25, 0.3) is 5.91 Å². The molecular weight excluding hydrogens is 261 g/mol. The highest BCUT2D eigenvalue weighted by Crippen LogP contribution is 2.18. The van der Waals surface area contributed by atoms with Crippen LogP contribution >= 0.6 is 0 Å². The van der Waals surface area contributed by atoms with E-state index in [1.165, 1.54) is 10.7 Å². The Morgan fingerprint density at radius 3 is 2.63 bits per heavy atom. The molecule has 0 atom stereocenters. The minimum Gasteiger partial charge on any atom is -0.329 e. The zero-order valence-electron chi connectivity index (χ0n) is 10.9. The molecule has 0 spiro atoms. The number of aryl methyl sites for hydroxylation is 2. The van der Waals surface area contributed by atoms with E-state index in [1.807, 2.05) is 0 Å². The summed E-state index contributed by atoms with van der Waals surface area (Å²) in [5.41, 5.74) is 5.99. The third-order valence-corrected chi connectivity index (χ3v) is 2.48. The first-order chi connectivity index (χ1) is 8.78. The molecule has 1 amide bonds. The van der Waals surface area contributed by atoms with E-state index in [4.69, 9.17) is 5.73 Å². The van der Waals surface area contributed by atoms with Crippen LogP contribution < -0.4 is 5.73 Å². The van der Waals surface area contributed by atoms with E-state index in [-0.39, 0.29) is 18.8 Å². The minimum absolute atomic E-state index is 0.0267. The molecule has 0 aliphatic heterocycles. The van der Waals surface area contributed by atoms with Crippen LogP contribution in [0.2, 0.25) is 0 Å². The second kappa shape index (κ2) is 6.05. The van der Waals surface area contributed by atoms with Gasteiger partial charge in [0.1, 0.15) is 12.2 Å². The van der Waals surface area contributed by atoms with Gasteiger partial charge in [-0.2, -0.15) is 18.3 Å². The van der Waals surface area contributed by atoms with Crippen molar-refractivity contribution in [2.24, 2.45) is 5.73 Å². The molecule has 19 heavy (non-hydrogen) atoms. The van der Waals surface area contributed by atoms with Gasteiger partial charge in [0.2, 0.25) is 0 Å². The van der Waals surface area contributed by atoms with E-state index in [0.29, 0.717) is 17.1 Å². The van der Waals surface area contributed by atoms with Gasteiger partial charge in [-0.05, 0) is 19.9 Å². The SMILES string of the molecule is CCn1nc(C)cc1C(=O)N(CCN)CC(F)(F)F. The van der Waals surface area contributed by atoms with Crippen molar-refractivity contribution in [2.75, 3.05) is 19.6 Å². The highest BCUT2D eigenvalue weighted by Gasteiger charge is 2.33. The van der Waals surface area contributed by atoms with Crippen molar-refractivity contribution >= 4 is 5.91 Å². The molecule has 0 fully saturated rings. The Kier molecular flexibility index (Phi) is 4.93. The molecule has 1 aromatic heterocycles. The van der Waals surface area contributed by atoms with E-state index in [2.05, 4.69) is 5.10 Å². The van der Waals surface area contributed by atoms with Gasteiger partial charge >= 0.3 is 6.18 Å². The molecule has 0 saturated heterocycles. The maximum Gasteiger partial charge on any atom is 0.406 e. The first-order valence-corrected chi connectivity index (χ1v) is 5.89. The van der Waals surface area contributed by atoms with Crippen molar-refractivity contribution in [3.8, 4) is 0 Å². The number of halogens is 3. The molecule has 0 aromatic carbocycles. The monoisotopic (exact) mass is 278 g/mol. The number of hydrogen-bond donors (Lipinski definition) is 1. The Bertz CT molecular complexity index is 442. The van der Waals surface area contributed by atoms with Crippen LogP contribution in [0.4, 0.5) is 13.2 Å². The minimum atomic E-state index is -4.45. The van der Waals surface area contributed by atoms with E-state index < -0.39 is 18.6 Å². The predicted octanol–water partition coefficient (Wildman–Crippen LogP) is 1.17. The number of carbonyl (C=O) groups is 1. The fraction of sp³-hybridized carbons (Fsp3) is 0.636. The lowest BCUT2D eigenvalue weighted by molar-refractivity contribution is -0.140. The lowest BCUT2D eigenvalue weighted by Gasteiger charge is -2.23. The van der Waals surface area contributed by atoms with Gasteiger partial charge in [0, 0.05) is 19.6 Å². The molecule has 108 valence electrons. The van der Waals surface area contributed by atoms with Crippen molar-refractivity contribution in [3.05, 3.63) is 17.5 Å². The van der Waals surface area contributed by atoms with Crippen LogP contribution in [0.5, 0.6) is 0 Å². The highest BCUT2D eigenvalue weighted by atomic mass is 19.4. The zero-order valence-corrected chi connectivity index (χ0v) is 10.9. The van der Waals surface area contributed by atoms with Crippen LogP contribution in [-0.4, -0.2) is 46.4 Å². The standard InChI is InChI=1S/C11H17F3N4O/c1-3-18-9(6-8(2)16-18)10(19)17(5-4-15)7-11(12,13)14/h6H,3-5,7,15H2,1-2H3. The molecule has 5 nitrogen and oxygen atoms in total. The topological polar surface area (TPSA) is 64.2 Å². The Labute approximate surface area is 109 Å². The van der Waals surface area contributed by atoms with Crippen LogP contribution in [0.3, 0.4) is 0 Å². The molecule has 1 aromatic rings. The first kappa shape index (κ1) is 15.5. The number of alkyl halides is 3. The fourth-order valence-electron chi connectivity index (χ4n) is 1.75. The summed E-state index contributed by atoms with van der Waals surface area (Å²) in [6, 6.07) is 1.48. The molecule has 0 aliphatic rings. The van der Waals surface area contributed by atoms with Crippen molar-refractivity contribution in [2.45, 2.75) is 26.6 Å². The van der Waals surface area contributed by atoms with E-state index in [0.717, 1.165) is 0 Å². The van der Waals surface area contributed by atoms with Gasteiger partial charge in [-0.25, -0.2) is 0 Å². The normalized spacial score (nSPS) is 11.7. The summed E-state index contributed by atoms with van der Waals surface area (Å²) in [5, 5.41) is 4.05. The number of nitrogens with two attached hydrogens (primary N) is 1. The smallest absolute Gasteiger partial charge is 0.329 e. The van der Waals surface area contributed by atoms with Gasteiger partial charge in [0.15, 0.2) is 0 Å². The molecule has 1 rings (SSSR count). The number of amides is 1. The summed E-state index contributed by atoms with van der Waals surface area (Å²) < 4.78 is 38.7. The quantitative estimate of drug-likeness (QED) is 0.879. The van der Waals surface area contributed by atoms with Crippen molar-refractivity contribution in [1.82, 2.24) is 14.7 Å². The Hall–Kier alpha value is -1.57. The van der Waals surface area contributed by atoms with Crippen LogP contribution in [-0.2, 0) is 6.54 Å². The van der Waals surface area contributed by atoms with E-state index >= 15 is 0 Å². The molecule has 0 aliphatic carbocycles. The van der Waals surface area contributed by atoms with Crippen LogP contribution in [0.15, 0.2) is 6.07 Å². The second-order valence-corrected chi connectivity index (χ2v) is 4.12. The van der Waals surface area contributed by atoms with Crippen molar-refractivity contribution < 1.29 is 18.0 Å². The molecule has 1 heterocycles. The number of rotatable bonds is 5. The number of aromatic nitrogens is 2. The van der Waals surface area contributed by atoms with E-state index in [1.54, 1.807) is 13.8 Å². The molecule has 0 saturated carbocycles. The lowest BCUT2D eigenvalue weighted by Crippen LogP contribution is -2.42. The van der Waals surface area contributed by atoms with Crippen molar-refractivity contribution in [3.63, 3.8) is 0 Å². The fourth-order valence-corrected chi connectivity index (χ4v) is 1.75. The van der Waals surface area contributed by atoms with Gasteiger partial charge in [-0.15, -0.1) is 0 Å². The number of hydrogen-bond acceptors (Lipinski definition) is 3. The lowest BCUT2D eigenvalue weighted by atomic mass is 10.3. The van der Waals surface area contributed by atoms with Gasteiger partial charge in [-0.1, -0.05) is 0 Å². The summed E-state index contributed by atoms with van der Waals surface area (Å²) in [6.07, 6.45) is -4.45. The number of nitrogens with zero attached hydrogens (tertiary/aromatic N) is 3. The maximum atomic E-state index is 12.4. The molecule has 2 N–H and O–H groups in total. The summed E-state index contributed by atoms with van der Waals surface area (Å²) in [4.78, 5) is 12.8. The van der Waals surface area contributed by atoms with Crippen LogP contribution in [0, 0.1) is 6.92 Å². The average molecular weight is 278 g/mol. The summed E-state index contributed by atoms with van der Waals surface area (Å²) in [6.45, 7) is 2.38. The summed E-state index contributed by atoms with van der Waals surface area (Å²) in [7, 11) is 0. The molecule has 8 heteroatoms. The zero-order chi connectivity index (χ0) is 14.6. The predicted molar refractivity (Wildman–Crippen MR) is 63.7 cm³/mol. The largest absolute Gasteiger partial charge is 0.406 e. The van der Waals surface area contributed by atoms with Gasteiger partial charge in [0.05, 0.1) is 5.69 Å². The van der Waals surface area contributed by atoms with Gasteiger partial charge < -0.3 is 10.6 Å². The Morgan fingerprint density at radius 2 is 2.16 bits per heavy atom. The maximum absolute atomic E-state index is 12.4. The third-order valence-electron chi connectivity index (χ3n) is 2.48. The molecule has 0 bridgehead atoms. The molecular formula is C11H17F3N4O. The first-order valence-electron chi connectivity index (χ1n) is 5.89. The summed E-state index contributed by atoms with van der Waals surface area (Å²) >= 11 is 0. The summed E-state index contributed by atoms with van der Waals surface area (Å²) in [5.74, 6) is -0.703. The van der Waals surface area contributed by atoms with Crippen LogP contribution in [0.25, 0.3) is 0 Å². The molecule has 0 radical (unpaired) electrons. The number of carbonyl (C=O) groups excluding carboxylic acids is 1. The molecule has 0 unspecified atom stereocenters. The Morgan fingerprint density at radius 1 is 1.53 bits per heavy atom. The highest BCUT2D eigenvalue weighted by molar-refractivity contribution is 5.92. The van der Waals surface area contributed by atoms with Crippen LogP contribution in [0.1, 0.15) is 23.1 Å². The van der Waals surface area contributed by atoms with Crippen molar-refractivity contribution in [1.29, 1.82) is 0 Å². The third kappa shape index (κ3) is 4.23.